The van der Waals surface area contributed by atoms with Gasteiger partial charge in [0.15, 0.2) is 12.7 Å². The minimum Gasteiger partial charge on any atom is -0.482 e. The third-order valence-corrected chi connectivity index (χ3v) is 4.27. The molecule has 0 saturated carbocycles. The topological polar surface area (TPSA) is 76.7 Å². The van der Waals surface area contributed by atoms with Gasteiger partial charge >= 0.3 is 5.97 Å². The lowest BCUT2D eigenvalue weighted by Gasteiger charge is -2.14. The molecule has 0 bridgehead atoms. The lowest BCUT2D eigenvalue weighted by molar-refractivity contribution is -0.155. The SMILES string of the molecule is Cc1ccc(NC(=O)[C@H](C)OC(=O)COc2ccc(Nc3ccccc3)cc2)cc1. The van der Waals surface area contributed by atoms with Crippen molar-refractivity contribution < 1.29 is 19.1 Å². The van der Waals surface area contributed by atoms with Gasteiger partial charge in [0.25, 0.3) is 5.91 Å². The van der Waals surface area contributed by atoms with E-state index in [1.165, 1.54) is 6.92 Å². The van der Waals surface area contributed by atoms with E-state index in [9.17, 15) is 9.59 Å². The zero-order valence-corrected chi connectivity index (χ0v) is 16.9. The van der Waals surface area contributed by atoms with E-state index in [-0.39, 0.29) is 6.61 Å². The van der Waals surface area contributed by atoms with Crippen LogP contribution >= 0.6 is 0 Å². The van der Waals surface area contributed by atoms with Gasteiger partial charge < -0.3 is 20.1 Å². The molecule has 1 amide bonds. The van der Waals surface area contributed by atoms with E-state index in [0.29, 0.717) is 11.4 Å². The van der Waals surface area contributed by atoms with E-state index in [1.54, 1.807) is 24.3 Å². The Balaban J connectivity index is 1.43. The van der Waals surface area contributed by atoms with Crippen molar-refractivity contribution in [3.8, 4) is 5.75 Å². The van der Waals surface area contributed by atoms with Crippen LogP contribution in [0.15, 0.2) is 78.9 Å². The summed E-state index contributed by atoms with van der Waals surface area (Å²) in [5.41, 5.74) is 3.62. The summed E-state index contributed by atoms with van der Waals surface area (Å²) in [6.45, 7) is 3.20. The second-order valence-corrected chi connectivity index (χ2v) is 6.79. The number of esters is 1. The number of carbonyl (C=O) groups is 2. The largest absolute Gasteiger partial charge is 0.482 e. The molecular weight excluding hydrogens is 380 g/mol. The first kappa shape index (κ1) is 20.9. The number of aryl methyl sites for hydroxylation is 1. The average Bonchev–Trinajstić information content (AvgIpc) is 2.75. The quantitative estimate of drug-likeness (QED) is 0.533. The van der Waals surface area contributed by atoms with Gasteiger partial charge in [-0.25, -0.2) is 4.79 Å². The van der Waals surface area contributed by atoms with Crippen LogP contribution < -0.4 is 15.4 Å². The van der Waals surface area contributed by atoms with Crippen LogP contribution in [0, 0.1) is 6.92 Å². The number of rotatable bonds is 8. The first-order valence-electron chi connectivity index (χ1n) is 9.61. The summed E-state index contributed by atoms with van der Waals surface area (Å²) in [6, 6.07) is 24.4. The van der Waals surface area contributed by atoms with Crippen molar-refractivity contribution in [2.75, 3.05) is 17.2 Å². The molecule has 6 heteroatoms. The first-order valence-corrected chi connectivity index (χ1v) is 9.61. The predicted octanol–water partition coefficient (Wildman–Crippen LogP) is 4.69. The Morgan fingerprint density at radius 3 is 2.10 bits per heavy atom. The van der Waals surface area contributed by atoms with Gasteiger partial charge in [-0.2, -0.15) is 0 Å². The van der Waals surface area contributed by atoms with E-state index in [4.69, 9.17) is 9.47 Å². The number of anilines is 3. The average molecular weight is 404 g/mol. The number of benzene rings is 3. The minimum atomic E-state index is -0.931. The molecule has 0 aliphatic heterocycles. The maximum absolute atomic E-state index is 12.2. The first-order chi connectivity index (χ1) is 14.5. The molecule has 0 heterocycles. The molecule has 0 unspecified atom stereocenters. The molecule has 0 aliphatic carbocycles. The van der Waals surface area contributed by atoms with Crippen molar-refractivity contribution in [2.45, 2.75) is 20.0 Å². The van der Waals surface area contributed by atoms with Crippen LogP contribution in [-0.2, 0) is 14.3 Å². The van der Waals surface area contributed by atoms with E-state index < -0.39 is 18.0 Å². The van der Waals surface area contributed by atoms with Gasteiger partial charge in [0, 0.05) is 17.1 Å². The van der Waals surface area contributed by atoms with Crippen LogP contribution in [0.3, 0.4) is 0 Å². The molecule has 0 spiro atoms. The number of amides is 1. The fraction of sp³-hybridized carbons (Fsp3) is 0.167. The van der Waals surface area contributed by atoms with Gasteiger partial charge in [-0.05, 0) is 62.4 Å². The van der Waals surface area contributed by atoms with E-state index in [0.717, 1.165) is 16.9 Å². The maximum atomic E-state index is 12.2. The van der Waals surface area contributed by atoms with Crippen LogP contribution in [0.25, 0.3) is 0 Å². The number of ether oxygens (including phenoxy) is 2. The number of hydrogen-bond acceptors (Lipinski definition) is 5. The van der Waals surface area contributed by atoms with Gasteiger partial charge in [-0.3, -0.25) is 4.79 Å². The normalized spacial score (nSPS) is 11.3. The van der Waals surface area contributed by atoms with Crippen LogP contribution in [0.1, 0.15) is 12.5 Å². The van der Waals surface area contributed by atoms with Crippen LogP contribution in [0.4, 0.5) is 17.1 Å². The second kappa shape index (κ2) is 10.1. The summed E-state index contributed by atoms with van der Waals surface area (Å²) < 4.78 is 10.6. The zero-order chi connectivity index (χ0) is 21.3. The van der Waals surface area contributed by atoms with Gasteiger partial charge in [0.1, 0.15) is 5.75 Å². The van der Waals surface area contributed by atoms with Crippen molar-refractivity contribution in [3.05, 3.63) is 84.4 Å². The third kappa shape index (κ3) is 6.38. The molecule has 30 heavy (non-hydrogen) atoms. The second-order valence-electron chi connectivity index (χ2n) is 6.79. The van der Waals surface area contributed by atoms with E-state index in [1.807, 2.05) is 61.5 Å². The Hall–Kier alpha value is -3.80. The summed E-state index contributed by atoms with van der Waals surface area (Å²) in [4.78, 5) is 24.2. The zero-order valence-electron chi connectivity index (χ0n) is 16.9. The maximum Gasteiger partial charge on any atom is 0.344 e. The summed E-state index contributed by atoms with van der Waals surface area (Å²) in [7, 11) is 0. The van der Waals surface area contributed by atoms with Crippen molar-refractivity contribution in [1.29, 1.82) is 0 Å². The Bertz CT molecular complexity index is 970. The summed E-state index contributed by atoms with van der Waals surface area (Å²) >= 11 is 0. The lowest BCUT2D eigenvalue weighted by atomic mass is 10.2. The predicted molar refractivity (Wildman–Crippen MR) is 117 cm³/mol. The van der Waals surface area contributed by atoms with Gasteiger partial charge in [0.2, 0.25) is 0 Å². The Kier molecular flexibility index (Phi) is 7.05. The van der Waals surface area contributed by atoms with Crippen molar-refractivity contribution in [3.63, 3.8) is 0 Å². The molecule has 3 aromatic carbocycles. The Labute approximate surface area is 175 Å². The molecule has 3 rings (SSSR count). The Morgan fingerprint density at radius 1 is 0.833 bits per heavy atom. The highest BCUT2D eigenvalue weighted by molar-refractivity contribution is 5.95. The fourth-order valence-electron chi connectivity index (χ4n) is 2.63. The third-order valence-electron chi connectivity index (χ3n) is 4.27. The molecule has 0 aromatic heterocycles. The molecule has 0 saturated heterocycles. The van der Waals surface area contributed by atoms with Gasteiger partial charge in [-0.15, -0.1) is 0 Å². The number of hydrogen-bond donors (Lipinski definition) is 2. The number of carbonyl (C=O) groups excluding carboxylic acids is 2. The fourth-order valence-corrected chi connectivity index (χ4v) is 2.63. The van der Waals surface area contributed by atoms with Crippen LogP contribution in [0.5, 0.6) is 5.75 Å². The van der Waals surface area contributed by atoms with Crippen molar-refractivity contribution in [2.24, 2.45) is 0 Å². The highest BCUT2D eigenvalue weighted by Crippen LogP contribution is 2.20. The van der Waals surface area contributed by atoms with E-state index >= 15 is 0 Å². The summed E-state index contributed by atoms with van der Waals surface area (Å²) in [6.07, 6.45) is -0.931. The van der Waals surface area contributed by atoms with Crippen molar-refractivity contribution >= 4 is 28.9 Å². The molecule has 0 radical (unpaired) electrons. The summed E-state index contributed by atoms with van der Waals surface area (Å²) in [5, 5.41) is 5.98. The number of para-hydroxylation sites is 1. The van der Waals surface area contributed by atoms with E-state index in [2.05, 4.69) is 10.6 Å². The Morgan fingerprint density at radius 2 is 1.43 bits per heavy atom. The molecule has 0 fully saturated rings. The molecule has 6 nitrogen and oxygen atoms in total. The minimum absolute atomic E-state index is 0.284. The molecular formula is C24H24N2O4. The lowest BCUT2D eigenvalue weighted by Crippen LogP contribution is -2.31. The monoisotopic (exact) mass is 404 g/mol. The molecule has 3 aromatic rings. The van der Waals surface area contributed by atoms with Gasteiger partial charge in [0.05, 0.1) is 0 Å². The highest BCUT2D eigenvalue weighted by atomic mass is 16.6. The smallest absolute Gasteiger partial charge is 0.344 e. The molecule has 2 N–H and O–H groups in total. The number of nitrogens with one attached hydrogen (secondary N) is 2. The standard InChI is InChI=1S/C24H24N2O4/c1-17-8-10-21(11-9-17)26-24(28)18(2)30-23(27)16-29-22-14-12-20(13-15-22)25-19-6-4-3-5-7-19/h3-15,18,25H,16H2,1-2H3,(H,26,28)/t18-/m0/s1. The molecule has 1 atom stereocenters. The van der Waals surface area contributed by atoms with Crippen LogP contribution in [0.2, 0.25) is 0 Å². The summed E-state index contributed by atoms with van der Waals surface area (Å²) in [5.74, 6) is -0.487. The molecule has 154 valence electrons. The highest BCUT2D eigenvalue weighted by Gasteiger charge is 2.18. The van der Waals surface area contributed by atoms with Crippen molar-refractivity contribution in [1.82, 2.24) is 0 Å². The molecule has 0 aliphatic rings. The van der Waals surface area contributed by atoms with Gasteiger partial charge in [-0.1, -0.05) is 35.9 Å². The van der Waals surface area contributed by atoms with Crippen LogP contribution in [-0.4, -0.2) is 24.6 Å².